The van der Waals surface area contributed by atoms with Gasteiger partial charge in [0.25, 0.3) is 23.6 Å². The van der Waals surface area contributed by atoms with Crippen LogP contribution in [0.5, 0.6) is 34.5 Å². The number of Topliss-reactive ketones (excluding diaryl/α,β-unsaturated/α-hetero) is 2. The summed E-state index contributed by atoms with van der Waals surface area (Å²) in [4.78, 5) is 80.5. The minimum atomic E-state index is -0.427. The van der Waals surface area contributed by atoms with E-state index in [1.165, 1.54) is 66.9 Å². The number of ether oxygens (including phenoxy) is 6. The van der Waals surface area contributed by atoms with Crippen LogP contribution in [0.15, 0.2) is 36.4 Å². The number of benzene rings is 3. The number of nitrogens with one attached hydrogen (secondary N) is 4. The van der Waals surface area contributed by atoms with Crippen molar-refractivity contribution in [1.82, 2.24) is 21.3 Å². The van der Waals surface area contributed by atoms with Crippen molar-refractivity contribution in [2.75, 3.05) is 68.8 Å². The Balaban J connectivity index is 1.17. The highest BCUT2D eigenvalue weighted by Gasteiger charge is 2.31. The molecule has 2 aliphatic rings. The predicted octanol–water partition coefficient (Wildman–Crippen LogP) is 4.24. The molecule has 2 saturated carbocycles. The summed E-state index contributed by atoms with van der Waals surface area (Å²) in [7, 11) is 8.66. The number of hydrogen-bond acceptors (Lipinski definition) is 14. The number of hydrogen-bond donors (Lipinski definition) is 6. The molecule has 3 aromatic rings. The third-order valence-corrected chi connectivity index (χ3v) is 12.3. The van der Waals surface area contributed by atoms with Crippen LogP contribution in [0.1, 0.15) is 126 Å². The molecule has 18 heteroatoms. The fraction of sp³-hybridized carbons (Fsp3) is 0.500. The number of rotatable bonds is 22. The second kappa shape index (κ2) is 24.2. The second-order valence-corrected chi connectivity index (χ2v) is 16.5. The van der Waals surface area contributed by atoms with E-state index in [0.717, 1.165) is 0 Å². The number of methoxy groups -OCH3 is 6. The van der Waals surface area contributed by atoms with E-state index in [9.17, 15) is 28.8 Å². The first kappa shape index (κ1) is 50.6. The Morgan fingerprint density at radius 2 is 0.697 bits per heavy atom. The lowest BCUT2D eigenvalue weighted by Gasteiger charge is -2.29. The van der Waals surface area contributed by atoms with E-state index >= 15 is 0 Å². The van der Waals surface area contributed by atoms with E-state index in [0.29, 0.717) is 74.0 Å². The van der Waals surface area contributed by atoms with Gasteiger partial charge in [-0.05, 0) is 81.4 Å². The molecule has 2 aliphatic carbocycles. The van der Waals surface area contributed by atoms with Crippen LogP contribution >= 0.6 is 0 Å². The van der Waals surface area contributed by atoms with Gasteiger partial charge in [-0.15, -0.1) is 0 Å². The molecule has 0 aliphatic heterocycles. The van der Waals surface area contributed by atoms with Crippen molar-refractivity contribution in [2.45, 2.75) is 76.3 Å². The van der Waals surface area contributed by atoms with E-state index in [1.54, 1.807) is 12.1 Å². The molecule has 8 N–H and O–H groups in total. The Bertz CT molecular complexity index is 2080. The number of ketones is 2. The molecule has 0 spiro atoms. The van der Waals surface area contributed by atoms with Gasteiger partial charge in [0.15, 0.2) is 11.6 Å². The minimum absolute atomic E-state index is 0.0364. The first-order valence-corrected chi connectivity index (χ1v) is 22.3. The van der Waals surface area contributed by atoms with Gasteiger partial charge < -0.3 is 61.2 Å². The Kier molecular flexibility index (Phi) is 18.6. The van der Waals surface area contributed by atoms with Crippen LogP contribution < -0.4 is 61.2 Å². The molecule has 0 heterocycles. The van der Waals surface area contributed by atoms with Crippen LogP contribution in [0.25, 0.3) is 0 Å². The van der Waals surface area contributed by atoms with Crippen molar-refractivity contribution in [3.63, 3.8) is 0 Å². The largest absolute Gasteiger partial charge is 0.496 e. The minimum Gasteiger partial charge on any atom is -0.496 e. The predicted molar refractivity (Wildman–Crippen MR) is 246 cm³/mol. The van der Waals surface area contributed by atoms with Gasteiger partial charge in [-0.3, -0.25) is 28.8 Å². The average molecular weight is 917 g/mol. The molecule has 4 amide bonds. The second-order valence-electron chi connectivity index (χ2n) is 16.5. The zero-order chi connectivity index (χ0) is 47.9. The SMILES string of the molecule is COc1cc(OC)c(C(=O)CC2CCC(NC(=O)c3cc(C(=O)NCCN)c(OC)cc3OC)CC2)cc1C(=O)CC1CCC(NC(=O)c2cc(C(=O)NCCN)c(OC)cc2OC)CC1. The summed E-state index contributed by atoms with van der Waals surface area (Å²) in [6.07, 6.45) is 5.69. The van der Waals surface area contributed by atoms with Gasteiger partial charge in [0.05, 0.1) is 76.0 Å². The average Bonchev–Trinajstić information content (AvgIpc) is 3.34. The summed E-state index contributed by atoms with van der Waals surface area (Å²) in [5.74, 6) is -0.235. The molecular weight excluding hydrogens is 853 g/mol. The van der Waals surface area contributed by atoms with Crippen LogP contribution in [0.2, 0.25) is 0 Å². The number of amides is 4. The van der Waals surface area contributed by atoms with Crippen molar-refractivity contribution in [3.05, 3.63) is 69.8 Å². The van der Waals surface area contributed by atoms with Gasteiger partial charge in [0.1, 0.15) is 34.5 Å². The molecular formula is C48H64N6O12. The van der Waals surface area contributed by atoms with Crippen molar-refractivity contribution in [3.8, 4) is 34.5 Å². The van der Waals surface area contributed by atoms with E-state index in [2.05, 4.69) is 21.3 Å². The number of nitrogens with two attached hydrogens (primary N) is 2. The molecule has 0 radical (unpaired) electrons. The van der Waals surface area contributed by atoms with E-state index < -0.39 is 23.6 Å². The molecule has 358 valence electrons. The summed E-state index contributed by atoms with van der Waals surface area (Å²) in [6.45, 7) is 1.02. The maximum atomic E-state index is 13.9. The Morgan fingerprint density at radius 3 is 0.985 bits per heavy atom. The van der Waals surface area contributed by atoms with Crippen molar-refractivity contribution >= 4 is 35.2 Å². The third kappa shape index (κ3) is 12.5. The quantitative estimate of drug-likeness (QED) is 0.0772. The van der Waals surface area contributed by atoms with E-state index in [-0.39, 0.29) is 120 Å². The van der Waals surface area contributed by atoms with Gasteiger partial charge in [0.2, 0.25) is 0 Å². The van der Waals surface area contributed by atoms with E-state index in [1.807, 2.05) is 0 Å². The summed E-state index contributed by atoms with van der Waals surface area (Å²) in [5, 5.41) is 11.5. The van der Waals surface area contributed by atoms with Gasteiger partial charge in [-0.25, -0.2) is 0 Å². The molecule has 0 atom stereocenters. The van der Waals surface area contributed by atoms with Crippen LogP contribution in [0.4, 0.5) is 0 Å². The van der Waals surface area contributed by atoms with Gasteiger partial charge in [-0.2, -0.15) is 0 Å². The van der Waals surface area contributed by atoms with E-state index in [4.69, 9.17) is 39.9 Å². The van der Waals surface area contributed by atoms with Crippen molar-refractivity contribution in [2.24, 2.45) is 23.3 Å². The molecule has 0 aromatic heterocycles. The summed E-state index contributed by atoms with van der Waals surface area (Å²) >= 11 is 0. The summed E-state index contributed by atoms with van der Waals surface area (Å²) in [6, 6.07) is 8.75. The molecule has 0 bridgehead atoms. The monoisotopic (exact) mass is 916 g/mol. The Morgan fingerprint density at radius 1 is 0.424 bits per heavy atom. The van der Waals surface area contributed by atoms with Gasteiger partial charge in [-0.1, -0.05) is 0 Å². The summed E-state index contributed by atoms with van der Waals surface area (Å²) < 4.78 is 32.9. The fourth-order valence-electron chi connectivity index (χ4n) is 8.70. The topological polar surface area (TPSA) is 258 Å². The molecule has 18 nitrogen and oxygen atoms in total. The molecule has 5 rings (SSSR count). The normalized spacial score (nSPS) is 17.9. The third-order valence-electron chi connectivity index (χ3n) is 12.3. The highest BCUT2D eigenvalue weighted by molar-refractivity contribution is 6.06. The molecule has 0 saturated heterocycles. The molecule has 3 aromatic carbocycles. The number of carbonyl (C=O) groups excluding carboxylic acids is 6. The molecule has 0 unspecified atom stereocenters. The zero-order valence-electron chi connectivity index (χ0n) is 38.7. The maximum absolute atomic E-state index is 13.9. The maximum Gasteiger partial charge on any atom is 0.255 e. The van der Waals surface area contributed by atoms with Crippen molar-refractivity contribution < 1.29 is 57.2 Å². The van der Waals surface area contributed by atoms with Crippen LogP contribution in [-0.4, -0.2) is 116 Å². The van der Waals surface area contributed by atoms with Gasteiger partial charge in [0, 0.05) is 69.3 Å². The summed E-state index contributed by atoms with van der Waals surface area (Å²) in [5.41, 5.74) is 12.4. The van der Waals surface area contributed by atoms with Crippen LogP contribution in [-0.2, 0) is 0 Å². The Hall–Kier alpha value is -6.40. The van der Waals surface area contributed by atoms with Crippen LogP contribution in [0, 0.1) is 11.8 Å². The van der Waals surface area contributed by atoms with Crippen LogP contribution in [0.3, 0.4) is 0 Å². The lowest BCUT2D eigenvalue weighted by molar-refractivity contribution is 0.0890. The standard InChI is InChI=1S/C48H64N6O12/c1-61-39-24-40(62-2)32(38(56)20-28-9-13-30(14-10-28)54-48(60)36-23-34(46(58)52-18-16-50)42(64-4)26-44(36)66-6)21-31(39)37(55)19-27-7-11-29(12-8-27)53-47(59)35-22-33(45(57)51-17-15-49)41(63-3)25-43(35)65-5/h21-30H,7-20,49-50H2,1-6H3,(H,51,57)(H,52,58)(H,53,59)(H,54,60). The number of carbonyl (C=O) groups is 6. The molecule has 66 heavy (non-hydrogen) atoms. The highest BCUT2D eigenvalue weighted by Crippen LogP contribution is 2.37. The lowest BCUT2D eigenvalue weighted by atomic mass is 9.81. The first-order chi connectivity index (χ1) is 31.8. The fourth-order valence-corrected chi connectivity index (χ4v) is 8.70. The van der Waals surface area contributed by atoms with Gasteiger partial charge >= 0.3 is 0 Å². The Labute approximate surface area is 385 Å². The lowest BCUT2D eigenvalue weighted by Crippen LogP contribution is -2.38. The smallest absolute Gasteiger partial charge is 0.255 e. The zero-order valence-corrected chi connectivity index (χ0v) is 38.7. The van der Waals surface area contributed by atoms with Crippen molar-refractivity contribution in [1.29, 1.82) is 0 Å². The molecule has 2 fully saturated rings. The first-order valence-electron chi connectivity index (χ1n) is 22.3. The highest BCUT2D eigenvalue weighted by atomic mass is 16.5.